The Bertz CT molecular complexity index is 828. The van der Waals surface area contributed by atoms with Crippen molar-refractivity contribution in [1.82, 2.24) is 4.90 Å². The molecular formula is C24H34N4O3. The van der Waals surface area contributed by atoms with E-state index >= 15 is 0 Å². The van der Waals surface area contributed by atoms with Crippen molar-refractivity contribution in [3.05, 3.63) is 24.3 Å². The van der Waals surface area contributed by atoms with Gasteiger partial charge in [0.2, 0.25) is 11.8 Å². The number of rotatable bonds is 7. The van der Waals surface area contributed by atoms with Gasteiger partial charge in [0, 0.05) is 0 Å². The van der Waals surface area contributed by atoms with Crippen LogP contribution in [-0.2, 0) is 14.4 Å². The Kier molecular flexibility index (Phi) is 6.60. The molecule has 1 aromatic rings. The topological polar surface area (TPSA) is 95.7 Å². The molecule has 3 N–H and O–H groups in total. The number of nitrogens with one attached hydrogen (secondary N) is 1. The molecule has 7 heteroatoms. The normalized spacial score (nSPS) is 20.7. The van der Waals surface area contributed by atoms with Crippen molar-refractivity contribution in [2.75, 3.05) is 29.9 Å². The second kappa shape index (κ2) is 9.39. The molecule has 3 aliphatic rings. The summed E-state index contributed by atoms with van der Waals surface area (Å²) in [5, 5.41) is 3.01. The lowest BCUT2D eigenvalue weighted by atomic mass is 9.87. The molecule has 2 aliphatic carbocycles. The zero-order valence-electron chi connectivity index (χ0n) is 18.3. The average Bonchev–Trinajstić information content (AvgIpc) is 3.23. The summed E-state index contributed by atoms with van der Waals surface area (Å²) < 4.78 is 0. The summed E-state index contributed by atoms with van der Waals surface area (Å²) >= 11 is 0. The number of nitrogens with two attached hydrogens (primary N) is 1. The van der Waals surface area contributed by atoms with Crippen LogP contribution in [0, 0.1) is 5.92 Å². The Balaban J connectivity index is 1.54. The number of amides is 3. The van der Waals surface area contributed by atoms with Gasteiger partial charge in [0.15, 0.2) is 0 Å². The fourth-order valence-electron chi connectivity index (χ4n) is 5.67. The largest absolute Gasteiger partial charge is 0.369 e. The van der Waals surface area contributed by atoms with Crippen molar-refractivity contribution in [2.24, 2.45) is 11.7 Å². The molecule has 2 fully saturated rings. The van der Waals surface area contributed by atoms with Crippen LogP contribution in [0.4, 0.5) is 11.4 Å². The first-order valence-corrected chi connectivity index (χ1v) is 11.7. The third-order valence-corrected chi connectivity index (χ3v) is 7.24. The van der Waals surface area contributed by atoms with Gasteiger partial charge in [0.05, 0.1) is 24.5 Å². The number of benzene rings is 1. The zero-order valence-corrected chi connectivity index (χ0v) is 18.3. The van der Waals surface area contributed by atoms with E-state index in [1.54, 1.807) is 4.90 Å². The highest BCUT2D eigenvalue weighted by Crippen LogP contribution is 2.45. The molecule has 1 spiro atoms. The van der Waals surface area contributed by atoms with Crippen LogP contribution in [0.3, 0.4) is 0 Å². The molecule has 31 heavy (non-hydrogen) atoms. The van der Waals surface area contributed by atoms with E-state index in [1.807, 2.05) is 29.2 Å². The van der Waals surface area contributed by atoms with Crippen molar-refractivity contribution >= 4 is 29.1 Å². The van der Waals surface area contributed by atoms with E-state index in [9.17, 15) is 14.4 Å². The average molecular weight is 427 g/mol. The molecular weight excluding hydrogens is 392 g/mol. The minimum absolute atomic E-state index is 0.0626. The SMILES string of the molecule is NC(=O)CN(CCC1CCCCC1)CC(=O)N1c2ccccc2NC(=O)C12CCCC2. The van der Waals surface area contributed by atoms with Gasteiger partial charge < -0.3 is 11.1 Å². The highest BCUT2D eigenvalue weighted by atomic mass is 16.2. The number of primary amides is 1. The number of carbonyl (C=O) groups excluding carboxylic acids is 3. The summed E-state index contributed by atoms with van der Waals surface area (Å²) in [5.41, 5.74) is 6.09. The number of nitrogens with zero attached hydrogens (tertiary/aromatic N) is 2. The molecule has 0 atom stereocenters. The van der Waals surface area contributed by atoms with Gasteiger partial charge in [-0.2, -0.15) is 0 Å². The third-order valence-electron chi connectivity index (χ3n) is 7.24. The zero-order chi connectivity index (χ0) is 21.8. The first-order valence-electron chi connectivity index (χ1n) is 11.7. The van der Waals surface area contributed by atoms with Gasteiger partial charge in [-0.1, -0.05) is 57.1 Å². The molecule has 7 nitrogen and oxygen atoms in total. The molecule has 1 aromatic carbocycles. The van der Waals surface area contributed by atoms with E-state index < -0.39 is 11.4 Å². The van der Waals surface area contributed by atoms with E-state index in [4.69, 9.17) is 5.73 Å². The summed E-state index contributed by atoms with van der Waals surface area (Å²) in [4.78, 5) is 42.1. The van der Waals surface area contributed by atoms with Crippen molar-refractivity contribution in [3.8, 4) is 0 Å². The van der Waals surface area contributed by atoms with Gasteiger partial charge in [0.25, 0.3) is 5.91 Å². The molecule has 1 heterocycles. The van der Waals surface area contributed by atoms with E-state index in [0.717, 1.165) is 24.9 Å². The van der Waals surface area contributed by atoms with Crippen LogP contribution in [0.1, 0.15) is 64.2 Å². The summed E-state index contributed by atoms with van der Waals surface area (Å²) in [6, 6.07) is 7.48. The maximum absolute atomic E-state index is 13.7. The fourth-order valence-corrected chi connectivity index (χ4v) is 5.67. The Morgan fingerprint density at radius 3 is 2.48 bits per heavy atom. The molecule has 168 valence electrons. The first kappa shape index (κ1) is 21.8. The van der Waals surface area contributed by atoms with Crippen molar-refractivity contribution in [3.63, 3.8) is 0 Å². The smallest absolute Gasteiger partial charge is 0.250 e. The third kappa shape index (κ3) is 4.61. The van der Waals surface area contributed by atoms with Gasteiger partial charge in [0.1, 0.15) is 5.54 Å². The van der Waals surface area contributed by atoms with E-state index in [0.29, 0.717) is 31.0 Å². The summed E-state index contributed by atoms with van der Waals surface area (Å²) in [5.74, 6) is 0.000468. The predicted octanol–water partition coefficient (Wildman–Crippen LogP) is 3.04. The number of fused-ring (bicyclic) bond motifs is 1. The van der Waals surface area contributed by atoms with Crippen molar-refractivity contribution in [2.45, 2.75) is 69.7 Å². The summed E-state index contributed by atoms with van der Waals surface area (Å²) in [6.07, 6.45) is 10.4. The minimum Gasteiger partial charge on any atom is -0.369 e. The lowest BCUT2D eigenvalue weighted by Gasteiger charge is -2.45. The van der Waals surface area contributed by atoms with Crippen LogP contribution in [0.15, 0.2) is 24.3 Å². The van der Waals surface area contributed by atoms with Crippen LogP contribution in [0.2, 0.25) is 0 Å². The number of anilines is 2. The van der Waals surface area contributed by atoms with Crippen LogP contribution >= 0.6 is 0 Å². The van der Waals surface area contributed by atoms with Crippen LogP contribution < -0.4 is 16.0 Å². The molecule has 2 saturated carbocycles. The number of para-hydroxylation sites is 2. The molecule has 0 aromatic heterocycles. The van der Waals surface area contributed by atoms with E-state index in [-0.39, 0.29) is 24.9 Å². The maximum atomic E-state index is 13.7. The second-order valence-electron chi connectivity index (χ2n) is 9.41. The molecule has 3 amide bonds. The van der Waals surface area contributed by atoms with Crippen molar-refractivity contribution in [1.29, 1.82) is 0 Å². The van der Waals surface area contributed by atoms with Crippen molar-refractivity contribution < 1.29 is 14.4 Å². The number of hydrogen-bond donors (Lipinski definition) is 2. The standard InChI is InChI=1S/C24H34N4O3/c25-21(29)16-27(15-12-18-8-2-1-3-9-18)17-22(30)28-20-11-5-4-10-19(20)26-23(31)24(28)13-6-7-14-24/h4-5,10-11,18H,1-3,6-9,12-17H2,(H2,25,29)(H,26,31). The first-order chi connectivity index (χ1) is 15.0. The highest BCUT2D eigenvalue weighted by molar-refractivity contribution is 6.15. The number of hydrogen-bond acceptors (Lipinski definition) is 4. The Morgan fingerprint density at radius 2 is 1.77 bits per heavy atom. The second-order valence-corrected chi connectivity index (χ2v) is 9.41. The molecule has 0 radical (unpaired) electrons. The van der Waals surface area contributed by atoms with Crippen LogP contribution in [0.25, 0.3) is 0 Å². The van der Waals surface area contributed by atoms with Gasteiger partial charge in [-0.05, 0) is 43.9 Å². The lowest BCUT2D eigenvalue weighted by Crippen LogP contribution is -2.62. The van der Waals surface area contributed by atoms with E-state index in [1.165, 1.54) is 32.1 Å². The predicted molar refractivity (Wildman–Crippen MR) is 121 cm³/mol. The minimum atomic E-state index is -0.826. The molecule has 4 rings (SSSR count). The molecule has 0 unspecified atom stereocenters. The number of carbonyl (C=O) groups is 3. The van der Waals surface area contributed by atoms with Gasteiger partial charge in [-0.15, -0.1) is 0 Å². The van der Waals surface area contributed by atoms with E-state index in [2.05, 4.69) is 5.32 Å². The highest BCUT2D eigenvalue weighted by Gasteiger charge is 2.52. The summed E-state index contributed by atoms with van der Waals surface area (Å²) in [6.45, 7) is 0.834. The quantitative estimate of drug-likeness (QED) is 0.700. The van der Waals surface area contributed by atoms with Gasteiger partial charge in [-0.25, -0.2) is 0 Å². The lowest BCUT2D eigenvalue weighted by molar-refractivity contribution is -0.128. The summed E-state index contributed by atoms with van der Waals surface area (Å²) in [7, 11) is 0. The molecule has 0 saturated heterocycles. The fraction of sp³-hybridized carbons (Fsp3) is 0.625. The maximum Gasteiger partial charge on any atom is 0.250 e. The van der Waals surface area contributed by atoms with Crippen LogP contribution in [-0.4, -0.2) is 47.8 Å². The molecule has 0 bridgehead atoms. The van der Waals surface area contributed by atoms with Gasteiger partial charge in [-0.3, -0.25) is 24.2 Å². The Hall–Kier alpha value is -2.41. The Morgan fingerprint density at radius 1 is 1.06 bits per heavy atom. The van der Waals surface area contributed by atoms with Gasteiger partial charge >= 0.3 is 0 Å². The monoisotopic (exact) mass is 426 g/mol. The Labute approximate surface area is 184 Å². The van der Waals surface area contributed by atoms with Crippen LogP contribution in [0.5, 0.6) is 0 Å². The molecule has 1 aliphatic heterocycles.